The van der Waals surface area contributed by atoms with Crippen LogP contribution in [0.1, 0.15) is 55.2 Å². The van der Waals surface area contributed by atoms with Gasteiger partial charge in [0.25, 0.3) is 5.92 Å². The largest absolute Gasteiger partial charge is 0.461 e. The zero-order valence-electron chi connectivity index (χ0n) is 26.5. The molecule has 5 saturated heterocycles. The lowest BCUT2D eigenvalue weighted by molar-refractivity contribution is -0.137. The van der Waals surface area contributed by atoms with Crippen molar-refractivity contribution in [2.45, 2.75) is 80.7 Å². The zero-order chi connectivity index (χ0) is 34.2. The number of fused-ring (bicyclic) bond motifs is 1. The number of piperazine rings is 1. The van der Waals surface area contributed by atoms with Crippen molar-refractivity contribution in [2.24, 2.45) is 11.3 Å². The maximum absolute atomic E-state index is 17.1. The Labute approximate surface area is 282 Å². The predicted octanol–water partition coefficient (Wildman–Crippen LogP) is 6.37. The number of anilines is 2. The standard InChI is InChI=1S/C34H32ClF6N7O/c1-14-6-18(42)44-25(22(14)34(39,40)41)21-23(35)19-15(2)8-32-17-7-16(43-27(17)32)9-48(32)28-20(19)26(24(21)36)45-29(46-28)49-13-31-4-3-5-47(31)12-30(10-31)11-33(30,37)38/h6,16-17,27,43H,2-5,7-13H2,1H3,(H2,42,44)/t16-,17?,27+,30-,31+,32-/m1/s1. The number of halogens is 7. The molecule has 2 spiro atoms. The Balaban J connectivity index is 1.17. The summed E-state index contributed by atoms with van der Waals surface area (Å²) < 4.78 is 96.1. The molecule has 11 rings (SSSR count). The van der Waals surface area contributed by atoms with Crippen LogP contribution in [0.15, 0.2) is 12.6 Å². The topological polar surface area (TPSA) is 92.4 Å². The fourth-order valence-electron chi connectivity index (χ4n) is 10.6. The smallest absolute Gasteiger partial charge is 0.418 e. The molecular formula is C34H32ClF6N7O. The van der Waals surface area contributed by atoms with Crippen molar-refractivity contribution in [3.63, 3.8) is 0 Å². The molecule has 3 N–H and O–H groups in total. The first-order valence-electron chi connectivity index (χ1n) is 16.6. The molecule has 15 heteroatoms. The van der Waals surface area contributed by atoms with Gasteiger partial charge in [-0.05, 0) is 62.8 Å². The Morgan fingerprint density at radius 3 is 2.65 bits per heavy atom. The molecular weight excluding hydrogens is 672 g/mol. The molecule has 8 heterocycles. The Bertz CT molecular complexity index is 2050. The van der Waals surface area contributed by atoms with Crippen molar-refractivity contribution < 1.29 is 31.1 Å². The van der Waals surface area contributed by atoms with Crippen LogP contribution >= 0.6 is 11.6 Å². The van der Waals surface area contributed by atoms with Crippen LogP contribution in [0, 0.1) is 24.1 Å². The van der Waals surface area contributed by atoms with Gasteiger partial charge in [-0.2, -0.15) is 23.1 Å². The molecule has 0 radical (unpaired) electrons. The molecule has 2 aromatic heterocycles. The minimum Gasteiger partial charge on any atom is -0.461 e. The molecule has 3 aromatic rings. The first kappa shape index (κ1) is 30.5. The molecule has 8 aliphatic rings. The third-order valence-corrected chi connectivity index (χ3v) is 13.1. The summed E-state index contributed by atoms with van der Waals surface area (Å²) in [7, 11) is 0. The number of aromatic nitrogens is 3. The highest BCUT2D eigenvalue weighted by molar-refractivity contribution is 6.37. The fourth-order valence-corrected chi connectivity index (χ4v) is 11.0. The lowest BCUT2D eigenvalue weighted by atomic mass is 9.89. The quantitative estimate of drug-likeness (QED) is 0.303. The summed E-state index contributed by atoms with van der Waals surface area (Å²) in [6.45, 7) is 7.12. The van der Waals surface area contributed by atoms with Crippen molar-refractivity contribution in [3.05, 3.63) is 40.2 Å². The first-order valence-corrected chi connectivity index (χ1v) is 17.0. The normalized spacial score (nSPS) is 34.8. The summed E-state index contributed by atoms with van der Waals surface area (Å²) in [5.41, 5.74) is 1.62. The van der Waals surface area contributed by atoms with E-state index in [0.29, 0.717) is 37.3 Å². The number of hydrogen-bond donors (Lipinski definition) is 2. The third-order valence-electron chi connectivity index (χ3n) is 12.8. The van der Waals surface area contributed by atoms with Crippen LogP contribution in [-0.4, -0.2) is 75.2 Å². The summed E-state index contributed by atoms with van der Waals surface area (Å²) in [5.74, 6) is -3.41. The van der Waals surface area contributed by atoms with Gasteiger partial charge >= 0.3 is 12.2 Å². The van der Waals surface area contributed by atoms with Crippen LogP contribution in [0.3, 0.4) is 0 Å². The van der Waals surface area contributed by atoms with E-state index in [2.05, 4.69) is 31.7 Å². The van der Waals surface area contributed by atoms with Crippen LogP contribution in [0.2, 0.25) is 5.02 Å². The summed E-state index contributed by atoms with van der Waals surface area (Å²) >= 11 is 7.00. The van der Waals surface area contributed by atoms with E-state index < -0.39 is 51.2 Å². The number of ether oxygens (including phenoxy) is 1. The van der Waals surface area contributed by atoms with Gasteiger partial charge < -0.3 is 20.7 Å². The number of alkyl halides is 5. The molecule has 7 fully saturated rings. The van der Waals surface area contributed by atoms with E-state index in [4.69, 9.17) is 27.1 Å². The third kappa shape index (κ3) is 3.77. The van der Waals surface area contributed by atoms with Gasteiger partial charge in [0.05, 0.1) is 43.7 Å². The number of piperidine rings is 2. The second-order valence-corrected chi connectivity index (χ2v) is 15.8. The Hall–Kier alpha value is -3.36. The average Bonchev–Trinajstić information content (AvgIpc) is 3.47. The van der Waals surface area contributed by atoms with E-state index >= 15 is 4.39 Å². The highest BCUT2D eigenvalue weighted by Crippen LogP contribution is 2.70. The molecule has 4 bridgehead atoms. The van der Waals surface area contributed by atoms with E-state index in [-0.39, 0.29) is 82.9 Å². The molecule has 6 aliphatic heterocycles. The van der Waals surface area contributed by atoms with Crippen LogP contribution in [0.5, 0.6) is 6.01 Å². The fraction of sp³-hybridized carbons (Fsp3) is 0.559. The molecule has 1 unspecified atom stereocenters. The molecule has 0 amide bonds. The van der Waals surface area contributed by atoms with Crippen molar-refractivity contribution in [2.75, 3.05) is 36.9 Å². The van der Waals surface area contributed by atoms with Crippen molar-refractivity contribution in [1.82, 2.24) is 25.2 Å². The number of pyridine rings is 1. The molecule has 8 nitrogen and oxygen atoms in total. The number of nitrogen functional groups attached to an aromatic ring is 1. The Morgan fingerprint density at radius 2 is 1.96 bits per heavy atom. The number of benzene rings is 1. The number of aryl methyl sites for hydroxylation is 1. The summed E-state index contributed by atoms with van der Waals surface area (Å²) in [4.78, 5) is 17.6. The minimum absolute atomic E-state index is 0.0200. The number of nitrogens with two attached hydrogens (primary N) is 1. The van der Waals surface area contributed by atoms with E-state index in [1.165, 1.54) is 6.92 Å². The molecule has 2 saturated carbocycles. The van der Waals surface area contributed by atoms with Crippen LogP contribution in [-0.2, 0) is 6.18 Å². The van der Waals surface area contributed by atoms with E-state index in [0.717, 1.165) is 18.9 Å². The van der Waals surface area contributed by atoms with Gasteiger partial charge in [-0.1, -0.05) is 18.2 Å². The maximum atomic E-state index is 17.1. The van der Waals surface area contributed by atoms with Crippen LogP contribution in [0.4, 0.5) is 38.0 Å². The second kappa shape index (κ2) is 9.10. The van der Waals surface area contributed by atoms with Gasteiger partial charge in [-0.15, -0.1) is 0 Å². The second-order valence-electron chi connectivity index (χ2n) is 15.5. The Kier molecular flexibility index (Phi) is 5.66. The van der Waals surface area contributed by atoms with Crippen molar-refractivity contribution in [1.29, 1.82) is 0 Å². The van der Waals surface area contributed by atoms with Gasteiger partial charge in [0, 0.05) is 43.1 Å². The number of nitrogens with one attached hydrogen (secondary N) is 1. The molecule has 1 aromatic carbocycles. The lowest BCUT2D eigenvalue weighted by Gasteiger charge is -2.43. The van der Waals surface area contributed by atoms with E-state index in [1.54, 1.807) is 0 Å². The predicted molar refractivity (Wildman–Crippen MR) is 170 cm³/mol. The van der Waals surface area contributed by atoms with Crippen LogP contribution in [0.25, 0.3) is 27.7 Å². The highest BCUT2D eigenvalue weighted by atomic mass is 35.5. The van der Waals surface area contributed by atoms with Gasteiger partial charge in [0.2, 0.25) is 0 Å². The minimum atomic E-state index is -4.90. The lowest BCUT2D eigenvalue weighted by Crippen LogP contribution is -2.58. The van der Waals surface area contributed by atoms with E-state index in [9.17, 15) is 22.0 Å². The van der Waals surface area contributed by atoms with Gasteiger partial charge in [0.15, 0.2) is 5.82 Å². The average molecular weight is 704 g/mol. The maximum Gasteiger partial charge on any atom is 0.418 e. The van der Waals surface area contributed by atoms with Crippen molar-refractivity contribution >= 4 is 39.7 Å². The Morgan fingerprint density at radius 1 is 1.18 bits per heavy atom. The SMILES string of the molecule is C=C1C[C@]23C4C[C@H](CN2c2nc(OC[C@@]56CCCN5C[C@]5(CC5(F)F)C6)nc5c(F)c(-c6nc(N)cc(C)c6C(F)(F)F)c(Cl)c1c25)N[C@@H]43. The van der Waals surface area contributed by atoms with Crippen molar-refractivity contribution in [3.8, 4) is 17.3 Å². The summed E-state index contributed by atoms with van der Waals surface area (Å²) in [6, 6.07) is 1.21. The molecule has 6 atom stereocenters. The van der Waals surface area contributed by atoms with E-state index in [1.807, 2.05) is 0 Å². The van der Waals surface area contributed by atoms with Gasteiger partial charge in [-0.3, -0.25) is 4.90 Å². The first-order chi connectivity index (χ1) is 23.1. The number of rotatable bonds is 4. The monoisotopic (exact) mass is 703 g/mol. The number of nitrogens with zero attached hydrogens (tertiary/aromatic N) is 5. The van der Waals surface area contributed by atoms with Crippen LogP contribution < -0.4 is 20.7 Å². The molecule has 2 aliphatic carbocycles. The van der Waals surface area contributed by atoms with Gasteiger partial charge in [0.1, 0.15) is 23.8 Å². The summed E-state index contributed by atoms with van der Waals surface area (Å²) in [6.07, 6.45) is -1.91. The molecule has 258 valence electrons. The summed E-state index contributed by atoms with van der Waals surface area (Å²) in [5, 5.41) is 3.64. The highest BCUT2D eigenvalue weighted by Gasteiger charge is 2.77. The van der Waals surface area contributed by atoms with Gasteiger partial charge in [-0.25, -0.2) is 18.2 Å². The zero-order valence-corrected chi connectivity index (χ0v) is 27.2. The number of hydrogen-bond acceptors (Lipinski definition) is 8. The molecule has 49 heavy (non-hydrogen) atoms.